The molecule has 61 heavy (non-hydrogen) atoms. The van der Waals surface area contributed by atoms with Crippen molar-refractivity contribution in [3.8, 4) is 0 Å². The summed E-state index contributed by atoms with van der Waals surface area (Å²) in [5.41, 5.74) is 0. The Hall–Kier alpha value is -3.15. The molecule has 0 N–H and O–H groups in total. The lowest BCUT2D eigenvalue weighted by atomic mass is 10.0. The second kappa shape index (κ2) is 49.5. The Morgan fingerprint density at radius 3 is 1.00 bits per heavy atom. The number of hydrogen-bond donors (Lipinski definition) is 0. The molecule has 0 fully saturated rings. The third-order valence-electron chi connectivity index (χ3n) is 10.7. The summed E-state index contributed by atoms with van der Waals surface area (Å²) in [5.74, 6) is -0.981. The maximum Gasteiger partial charge on any atom is 0.306 e. The van der Waals surface area contributed by atoms with Crippen LogP contribution in [-0.4, -0.2) is 37.2 Å². The first-order chi connectivity index (χ1) is 30.0. The van der Waals surface area contributed by atoms with Gasteiger partial charge in [-0.15, -0.1) is 0 Å². The fourth-order valence-electron chi connectivity index (χ4n) is 6.94. The molecular formula is C55H94O6. The van der Waals surface area contributed by atoms with E-state index < -0.39 is 6.10 Å². The summed E-state index contributed by atoms with van der Waals surface area (Å²) in [6, 6.07) is 0. The van der Waals surface area contributed by atoms with Gasteiger partial charge < -0.3 is 14.2 Å². The monoisotopic (exact) mass is 851 g/mol. The number of ether oxygens (including phenoxy) is 3. The standard InChI is InChI=1S/C55H94O6/c1-4-7-10-13-16-19-22-24-25-26-27-28-29-31-33-36-39-42-45-48-54(57)60-51-52(50-59-53(56)47-44-41-38-35-32-21-18-15-12-9-6-3)61-55(58)49-46-43-40-37-34-30-23-20-17-14-11-8-5-2/h7,10,16,19,24-25,27-28,31,33,39,42,52H,4-6,8-9,11-15,17-18,20-23,26,29-30,32,34-38,40-41,43-51H2,1-3H3/b10-7-,19-16-,25-24-,28-27-,33-31-,42-39-/t52-/m1/s1. The van der Waals surface area contributed by atoms with Crippen LogP contribution in [0.25, 0.3) is 0 Å². The minimum atomic E-state index is -0.800. The smallest absolute Gasteiger partial charge is 0.306 e. The second-order valence-electron chi connectivity index (χ2n) is 16.7. The maximum absolute atomic E-state index is 12.8. The van der Waals surface area contributed by atoms with Crippen molar-refractivity contribution < 1.29 is 28.6 Å². The average molecular weight is 851 g/mol. The normalized spacial score (nSPS) is 12.6. The lowest BCUT2D eigenvalue weighted by Crippen LogP contribution is -2.30. The minimum absolute atomic E-state index is 0.0956. The summed E-state index contributed by atoms with van der Waals surface area (Å²) in [7, 11) is 0. The van der Waals surface area contributed by atoms with Crippen LogP contribution < -0.4 is 0 Å². The Kier molecular flexibility index (Phi) is 46.9. The molecule has 0 unspecified atom stereocenters. The van der Waals surface area contributed by atoms with Crippen LogP contribution in [0.1, 0.15) is 239 Å². The number of carbonyl (C=O) groups excluding carboxylic acids is 3. The molecule has 0 aromatic rings. The lowest BCUT2D eigenvalue weighted by Gasteiger charge is -2.18. The molecule has 0 saturated carbocycles. The molecule has 1 atom stereocenters. The first-order valence-electron chi connectivity index (χ1n) is 25.4. The van der Waals surface area contributed by atoms with Crippen molar-refractivity contribution >= 4 is 17.9 Å². The van der Waals surface area contributed by atoms with Gasteiger partial charge in [-0.1, -0.05) is 235 Å². The number of rotatable bonds is 45. The van der Waals surface area contributed by atoms with E-state index in [1.54, 1.807) is 0 Å². The van der Waals surface area contributed by atoms with Crippen molar-refractivity contribution in [1.82, 2.24) is 0 Å². The maximum atomic E-state index is 12.8. The van der Waals surface area contributed by atoms with Gasteiger partial charge in [-0.05, 0) is 57.8 Å². The van der Waals surface area contributed by atoms with Crippen LogP contribution in [0.2, 0.25) is 0 Å². The van der Waals surface area contributed by atoms with Crippen molar-refractivity contribution in [1.29, 1.82) is 0 Å². The molecule has 0 spiro atoms. The molecule has 0 aromatic heterocycles. The quantitative estimate of drug-likeness (QED) is 0.0263. The van der Waals surface area contributed by atoms with Crippen LogP contribution in [0.15, 0.2) is 72.9 Å². The van der Waals surface area contributed by atoms with Crippen molar-refractivity contribution in [2.75, 3.05) is 13.2 Å². The number of allylic oxidation sites excluding steroid dienone is 12. The molecule has 350 valence electrons. The second-order valence-corrected chi connectivity index (χ2v) is 16.7. The molecule has 0 aliphatic heterocycles. The Bertz CT molecular complexity index is 1160. The van der Waals surface area contributed by atoms with Crippen molar-refractivity contribution in [3.63, 3.8) is 0 Å². The molecule has 0 heterocycles. The van der Waals surface area contributed by atoms with Gasteiger partial charge in [0.25, 0.3) is 0 Å². The highest BCUT2D eigenvalue weighted by molar-refractivity contribution is 5.71. The number of hydrogen-bond acceptors (Lipinski definition) is 6. The highest BCUT2D eigenvalue weighted by Gasteiger charge is 2.19. The largest absolute Gasteiger partial charge is 0.462 e. The fraction of sp³-hybridized carbons (Fsp3) is 0.727. The number of unbranched alkanes of at least 4 members (excludes halogenated alkanes) is 22. The molecule has 6 heteroatoms. The predicted molar refractivity (Wildman–Crippen MR) is 261 cm³/mol. The molecule has 0 aromatic carbocycles. The van der Waals surface area contributed by atoms with Gasteiger partial charge in [0, 0.05) is 19.3 Å². The zero-order chi connectivity index (χ0) is 44.4. The van der Waals surface area contributed by atoms with Gasteiger partial charge in [0.2, 0.25) is 0 Å². The van der Waals surface area contributed by atoms with Gasteiger partial charge >= 0.3 is 17.9 Å². The average Bonchev–Trinajstić information content (AvgIpc) is 3.26. The van der Waals surface area contributed by atoms with E-state index in [2.05, 4.69) is 87.6 Å². The first kappa shape index (κ1) is 57.9. The van der Waals surface area contributed by atoms with Crippen LogP contribution in [0.3, 0.4) is 0 Å². The molecule has 0 aliphatic rings. The van der Waals surface area contributed by atoms with Crippen molar-refractivity contribution in [2.24, 2.45) is 0 Å². The van der Waals surface area contributed by atoms with Crippen molar-refractivity contribution in [3.05, 3.63) is 72.9 Å². The molecule has 0 amide bonds. The molecular weight excluding hydrogens is 757 g/mol. The van der Waals surface area contributed by atoms with E-state index in [1.165, 1.54) is 116 Å². The van der Waals surface area contributed by atoms with E-state index in [1.807, 2.05) is 6.08 Å². The van der Waals surface area contributed by atoms with Gasteiger partial charge in [-0.2, -0.15) is 0 Å². The number of carbonyl (C=O) groups is 3. The van der Waals surface area contributed by atoms with Crippen LogP contribution in [-0.2, 0) is 28.6 Å². The van der Waals surface area contributed by atoms with Crippen LogP contribution in [0.5, 0.6) is 0 Å². The van der Waals surface area contributed by atoms with Gasteiger partial charge in [0.1, 0.15) is 13.2 Å². The Morgan fingerprint density at radius 1 is 0.344 bits per heavy atom. The Balaban J connectivity index is 4.46. The molecule has 6 nitrogen and oxygen atoms in total. The number of esters is 3. The summed E-state index contributed by atoms with van der Waals surface area (Å²) in [6.07, 6.45) is 61.8. The van der Waals surface area contributed by atoms with Crippen LogP contribution in [0, 0.1) is 0 Å². The van der Waals surface area contributed by atoms with E-state index in [0.717, 1.165) is 77.0 Å². The van der Waals surface area contributed by atoms with Crippen LogP contribution >= 0.6 is 0 Å². The van der Waals surface area contributed by atoms with Crippen molar-refractivity contribution in [2.45, 2.75) is 245 Å². The van der Waals surface area contributed by atoms with E-state index in [0.29, 0.717) is 19.3 Å². The predicted octanol–water partition coefficient (Wildman–Crippen LogP) is 16.6. The topological polar surface area (TPSA) is 78.9 Å². The third-order valence-corrected chi connectivity index (χ3v) is 10.7. The van der Waals surface area contributed by atoms with E-state index in [9.17, 15) is 14.4 Å². The summed E-state index contributed by atoms with van der Waals surface area (Å²) in [4.78, 5) is 37.9. The SMILES string of the molecule is CC/C=C\C/C=C\C/C=C\C/C=C\C/C=C\C/C=C\CCC(=O)OC[C@@H](COC(=O)CCCCCCCCCCCCC)OC(=O)CCCCCCCCCCCCCCC. The summed E-state index contributed by atoms with van der Waals surface area (Å²) in [5, 5.41) is 0. The summed E-state index contributed by atoms with van der Waals surface area (Å²) in [6.45, 7) is 6.45. The van der Waals surface area contributed by atoms with Gasteiger partial charge in [0.15, 0.2) is 6.10 Å². The fourth-order valence-corrected chi connectivity index (χ4v) is 6.94. The van der Waals surface area contributed by atoms with Gasteiger partial charge in [-0.25, -0.2) is 0 Å². The highest BCUT2D eigenvalue weighted by Crippen LogP contribution is 2.15. The van der Waals surface area contributed by atoms with Gasteiger partial charge in [0.05, 0.1) is 0 Å². The summed E-state index contributed by atoms with van der Waals surface area (Å²) < 4.78 is 16.7. The minimum Gasteiger partial charge on any atom is -0.462 e. The summed E-state index contributed by atoms with van der Waals surface area (Å²) >= 11 is 0. The van der Waals surface area contributed by atoms with E-state index >= 15 is 0 Å². The van der Waals surface area contributed by atoms with E-state index in [4.69, 9.17) is 14.2 Å². The molecule has 0 aliphatic carbocycles. The lowest BCUT2D eigenvalue weighted by molar-refractivity contribution is -0.166. The first-order valence-corrected chi connectivity index (χ1v) is 25.4. The molecule has 0 bridgehead atoms. The third kappa shape index (κ3) is 47.7. The Labute approximate surface area is 376 Å². The molecule has 0 radical (unpaired) electrons. The Morgan fingerprint density at radius 2 is 0.639 bits per heavy atom. The van der Waals surface area contributed by atoms with E-state index in [-0.39, 0.29) is 37.5 Å². The van der Waals surface area contributed by atoms with Gasteiger partial charge in [-0.3, -0.25) is 14.4 Å². The zero-order valence-electron chi connectivity index (χ0n) is 39.9. The molecule has 0 rings (SSSR count). The highest BCUT2D eigenvalue weighted by atomic mass is 16.6. The van der Waals surface area contributed by atoms with Crippen LogP contribution in [0.4, 0.5) is 0 Å². The zero-order valence-corrected chi connectivity index (χ0v) is 39.9. The molecule has 0 saturated heterocycles.